The molecule has 162 valence electrons. The number of aryl methyl sites for hydroxylation is 3. The summed E-state index contributed by atoms with van der Waals surface area (Å²) in [6.07, 6.45) is 0.887. The zero-order valence-electron chi connectivity index (χ0n) is 18.7. The Bertz CT molecular complexity index is 1210. The van der Waals surface area contributed by atoms with Crippen LogP contribution in [-0.2, 0) is 16.0 Å². The molecule has 0 saturated heterocycles. The van der Waals surface area contributed by atoms with Gasteiger partial charge in [-0.3, -0.25) is 9.59 Å². The molecule has 3 aromatic carbocycles. The van der Waals surface area contributed by atoms with Crippen LogP contribution in [0.25, 0.3) is 5.57 Å². The Morgan fingerprint density at radius 2 is 1.56 bits per heavy atom. The molecule has 1 aliphatic heterocycles. The number of nitrogens with one attached hydrogen (secondary N) is 1. The van der Waals surface area contributed by atoms with Crippen LogP contribution in [0.2, 0.25) is 0 Å². The molecule has 0 fully saturated rings. The van der Waals surface area contributed by atoms with Gasteiger partial charge < -0.3 is 10.1 Å². The van der Waals surface area contributed by atoms with Crippen LogP contribution in [0.5, 0.6) is 5.75 Å². The van der Waals surface area contributed by atoms with E-state index in [2.05, 4.69) is 12.2 Å². The summed E-state index contributed by atoms with van der Waals surface area (Å²) in [7, 11) is 1.60. The van der Waals surface area contributed by atoms with Gasteiger partial charge in [0.2, 0.25) is 0 Å². The van der Waals surface area contributed by atoms with E-state index in [4.69, 9.17) is 4.74 Å². The summed E-state index contributed by atoms with van der Waals surface area (Å²) < 4.78 is 5.22. The number of benzene rings is 3. The van der Waals surface area contributed by atoms with Crippen LogP contribution < -0.4 is 15.0 Å². The van der Waals surface area contributed by atoms with Crippen molar-refractivity contribution in [3.63, 3.8) is 0 Å². The molecule has 1 heterocycles. The number of carbonyl (C=O) groups excluding carboxylic acids is 2. The highest BCUT2D eigenvalue weighted by molar-refractivity contribution is 6.46. The summed E-state index contributed by atoms with van der Waals surface area (Å²) in [5, 5.41) is 3.20. The van der Waals surface area contributed by atoms with Crippen molar-refractivity contribution in [2.24, 2.45) is 0 Å². The largest absolute Gasteiger partial charge is 0.497 e. The first-order valence-corrected chi connectivity index (χ1v) is 10.6. The van der Waals surface area contributed by atoms with E-state index in [0.717, 1.165) is 28.7 Å². The topological polar surface area (TPSA) is 58.6 Å². The molecule has 32 heavy (non-hydrogen) atoms. The van der Waals surface area contributed by atoms with E-state index >= 15 is 0 Å². The Balaban J connectivity index is 1.80. The summed E-state index contributed by atoms with van der Waals surface area (Å²) in [5.74, 6) is 0.0119. The average Bonchev–Trinajstić information content (AvgIpc) is 3.04. The highest BCUT2D eigenvalue weighted by Gasteiger charge is 2.40. The molecule has 5 heteroatoms. The second-order valence-corrected chi connectivity index (χ2v) is 7.89. The van der Waals surface area contributed by atoms with Crippen molar-refractivity contribution >= 4 is 28.8 Å². The number of carbonyl (C=O) groups is 2. The summed E-state index contributed by atoms with van der Waals surface area (Å²) in [5.41, 5.74) is 5.84. The maximum Gasteiger partial charge on any atom is 0.282 e. The molecule has 1 N–H and O–H groups in total. The van der Waals surface area contributed by atoms with Crippen molar-refractivity contribution in [3.05, 3.63) is 94.7 Å². The van der Waals surface area contributed by atoms with Crippen molar-refractivity contribution < 1.29 is 14.3 Å². The minimum Gasteiger partial charge on any atom is -0.497 e. The van der Waals surface area contributed by atoms with Gasteiger partial charge in [-0.2, -0.15) is 0 Å². The summed E-state index contributed by atoms with van der Waals surface area (Å²) in [4.78, 5) is 28.4. The Labute approximate surface area is 188 Å². The maximum atomic E-state index is 13.6. The fraction of sp³-hybridized carbons (Fsp3) is 0.185. The lowest BCUT2D eigenvalue weighted by atomic mass is 9.97. The molecule has 0 bridgehead atoms. The van der Waals surface area contributed by atoms with Gasteiger partial charge >= 0.3 is 0 Å². The van der Waals surface area contributed by atoms with E-state index in [1.54, 1.807) is 7.11 Å². The lowest BCUT2D eigenvalue weighted by molar-refractivity contribution is -0.120. The highest BCUT2D eigenvalue weighted by Crippen LogP contribution is 2.35. The number of rotatable bonds is 6. The zero-order valence-corrected chi connectivity index (χ0v) is 18.7. The molecule has 4 rings (SSSR count). The number of anilines is 2. The van der Waals surface area contributed by atoms with Crippen LogP contribution in [0.3, 0.4) is 0 Å². The summed E-state index contributed by atoms with van der Waals surface area (Å²) >= 11 is 0. The summed E-state index contributed by atoms with van der Waals surface area (Å²) in [6, 6.07) is 20.7. The van der Waals surface area contributed by atoms with E-state index in [0.29, 0.717) is 22.7 Å². The van der Waals surface area contributed by atoms with Crippen LogP contribution in [-0.4, -0.2) is 18.9 Å². The van der Waals surface area contributed by atoms with Gasteiger partial charge in [-0.25, -0.2) is 4.90 Å². The third-order valence-corrected chi connectivity index (χ3v) is 5.70. The molecule has 1 aliphatic rings. The van der Waals surface area contributed by atoms with Crippen LogP contribution in [0.15, 0.2) is 72.4 Å². The monoisotopic (exact) mass is 426 g/mol. The number of amides is 2. The quantitative estimate of drug-likeness (QED) is 0.546. The van der Waals surface area contributed by atoms with Crippen LogP contribution in [0.4, 0.5) is 11.4 Å². The van der Waals surface area contributed by atoms with Gasteiger partial charge in [-0.15, -0.1) is 0 Å². The smallest absolute Gasteiger partial charge is 0.282 e. The molecule has 0 spiro atoms. The van der Waals surface area contributed by atoms with Crippen molar-refractivity contribution in [2.45, 2.75) is 27.2 Å². The Morgan fingerprint density at radius 3 is 2.16 bits per heavy atom. The standard InChI is InChI=1S/C27H26N2O3/c1-5-19-7-11-21(12-8-19)29-26(30)24(23-15-6-17(2)16-18(23)3)25(27(29)31)28-20-9-13-22(32-4)14-10-20/h6-16,28H,5H2,1-4H3. The second kappa shape index (κ2) is 8.71. The third kappa shape index (κ3) is 3.89. The Kier molecular flexibility index (Phi) is 5.82. The molecular formula is C27H26N2O3. The fourth-order valence-corrected chi connectivity index (χ4v) is 3.92. The zero-order chi connectivity index (χ0) is 22.8. The minimum absolute atomic E-state index is 0.270. The molecule has 2 amide bonds. The first-order chi connectivity index (χ1) is 15.4. The third-order valence-electron chi connectivity index (χ3n) is 5.70. The number of hydrogen-bond acceptors (Lipinski definition) is 4. The Morgan fingerprint density at radius 1 is 0.875 bits per heavy atom. The van der Waals surface area contributed by atoms with Crippen molar-refractivity contribution in [1.82, 2.24) is 0 Å². The Hall–Kier alpha value is -3.86. The van der Waals surface area contributed by atoms with Crippen LogP contribution in [0.1, 0.15) is 29.2 Å². The SMILES string of the molecule is CCc1ccc(N2C(=O)C(Nc3ccc(OC)cc3)=C(c3ccc(C)cc3C)C2=O)cc1. The van der Waals surface area contributed by atoms with Crippen LogP contribution >= 0.6 is 0 Å². The van der Waals surface area contributed by atoms with E-state index in [1.807, 2.05) is 80.6 Å². The van der Waals surface area contributed by atoms with E-state index in [-0.39, 0.29) is 17.5 Å². The molecule has 0 saturated carbocycles. The predicted octanol–water partition coefficient (Wildman–Crippen LogP) is 5.27. The second-order valence-electron chi connectivity index (χ2n) is 7.89. The van der Waals surface area contributed by atoms with Crippen molar-refractivity contribution in [1.29, 1.82) is 0 Å². The van der Waals surface area contributed by atoms with Gasteiger partial charge in [0.1, 0.15) is 11.4 Å². The molecule has 0 atom stereocenters. The lowest BCUT2D eigenvalue weighted by Crippen LogP contribution is -2.32. The minimum atomic E-state index is -0.370. The van der Waals surface area contributed by atoms with Gasteiger partial charge in [-0.1, -0.05) is 42.8 Å². The molecule has 3 aromatic rings. The molecule has 0 aromatic heterocycles. The molecule has 0 unspecified atom stereocenters. The van der Waals surface area contributed by atoms with Crippen molar-refractivity contribution in [2.75, 3.05) is 17.3 Å². The fourth-order valence-electron chi connectivity index (χ4n) is 3.92. The molecule has 5 nitrogen and oxygen atoms in total. The number of imide groups is 1. The van der Waals surface area contributed by atoms with Crippen molar-refractivity contribution in [3.8, 4) is 5.75 Å². The number of methoxy groups -OCH3 is 1. The van der Waals surface area contributed by atoms with Gasteiger partial charge in [0, 0.05) is 5.69 Å². The number of nitrogens with zero attached hydrogens (tertiary/aromatic N) is 1. The van der Waals surface area contributed by atoms with Gasteiger partial charge in [0.25, 0.3) is 11.8 Å². The maximum absolute atomic E-state index is 13.6. The molecule has 0 radical (unpaired) electrons. The summed E-state index contributed by atoms with van der Waals surface area (Å²) in [6.45, 7) is 6.03. The van der Waals surface area contributed by atoms with Gasteiger partial charge in [-0.05, 0) is 73.4 Å². The average molecular weight is 427 g/mol. The highest BCUT2D eigenvalue weighted by atomic mass is 16.5. The van der Waals surface area contributed by atoms with Gasteiger partial charge in [0.05, 0.1) is 18.4 Å². The van der Waals surface area contributed by atoms with E-state index in [9.17, 15) is 9.59 Å². The predicted molar refractivity (Wildman–Crippen MR) is 128 cm³/mol. The first kappa shape index (κ1) is 21.4. The normalized spacial score (nSPS) is 13.7. The van der Waals surface area contributed by atoms with E-state index in [1.165, 1.54) is 4.90 Å². The molecular weight excluding hydrogens is 400 g/mol. The van der Waals surface area contributed by atoms with Crippen LogP contribution in [0, 0.1) is 13.8 Å². The van der Waals surface area contributed by atoms with Gasteiger partial charge in [0.15, 0.2) is 0 Å². The lowest BCUT2D eigenvalue weighted by Gasteiger charge is -2.16. The first-order valence-electron chi connectivity index (χ1n) is 10.6. The molecule has 0 aliphatic carbocycles. The number of ether oxygens (including phenoxy) is 1. The number of hydrogen-bond donors (Lipinski definition) is 1. The van der Waals surface area contributed by atoms with E-state index < -0.39 is 0 Å².